The summed E-state index contributed by atoms with van der Waals surface area (Å²) < 4.78 is 38.1. The van der Waals surface area contributed by atoms with E-state index < -0.39 is 56.2 Å². The van der Waals surface area contributed by atoms with E-state index in [-0.39, 0.29) is 13.2 Å². The van der Waals surface area contributed by atoms with Gasteiger partial charge in [-0.15, -0.1) is 0 Å². The SMILES string of the molecule is CCOC(=O)O[C@@H](C)OC(=O)[C@@H]1N2C(=O)[C@H](CN)[C@H]2S(=O)(=O)C1(C)C. The highest BCUT2D eigenvalue weighted by Crippen LogP contribution is 2.48. The first-order chi connectivity index (χ1) is 11.5. The number of amides is 1. The van der Waals surface area contributed by atoms with Crippen molar-refractivity contribution < 1.29 is 37.0 Å². The van der Waals surface area contributed by atoms with E-state index in [0.717, 1.165) is 4.90 Å². The van der Waals surface area contributed by atoms with Gasteiger partial charge in [0.15, 0.2) is 9.84 Å². The van der Waals surface area contributed by atoms with Gasteiger partial charge in [-0.05, 0) is 20.8 Å². The fourth-order valence-electron chi connectivity index (χ4n) is 3.15. The molecule has 0 saturated carbocycles. The van der Waals surface area contributed by atoms with E-state index in [1.54, 1.807) is 6.92 Å². The number of carbonyl (C=O) groups is 3. The first kappa shape index (κ1) is 19.4. The number of hydrogen-bond donors (Lipinski definition) is 1. The lowest BCUT2D eigenvalue weighted by molar-refractivity contribution is -0.181. The van der Waals surface area contributed by atoms with Gasteiger partial charge in [-0.1, -0.05) is 0 Å². The molecule has 10 nitrogen and oxygen atoms in total. The average molecular weight is 378 g/mol. The minimum absolute atomic E-state index is 0.0812. The molecule has 2 saturated heterocycles. The zero-order valence-corrected chi connectivity index (χ0v) is 15.2. The highest BCUT2D eigenvalue weighted by Gasteiger charge is 2.72. The maximum absolute atomic E-state index is 12.7. The standard InChI is InChI=1S/C14H22N2O8S/c1-5-22-13(19)24-7(2)23-12(18)9-14(3,4)25(20,21)11-8(6-15)10(17)16(9)11/h7-9,11H,5-6,15H2,1-4H3/t7-,8-,9-,11+/m0/s1. The van der Waals surface area contributed by atoms with Gasteiger partial charge in [0.1, 0.15) is 11.4 Å². The second-order valence-corrected chi connectivity index (χ2v) is 8.96. The molecule has 0 aromatic carbocycles. The van der Waals surface area contributed by atoms with Crippen LogP contribution < -0.4 is 5.73 Å². The van der Waals surface area contributed by atoms with E-state index in [0.29, 0.717) is 0 Å². The fourth-order valence-corrected chi connectivity index (χ4v) is 5.47. The Balaban J connectivity index is 2.19. The van der Waals surface area contributed by atoms with Gasteiger partial charge in [0.05, 0.1) is 17.3 Å². The van der Waals surface area contributed by atoms with E-state index >= 15 is 0 Å². The fraction of sp³-hybridized carbons (Fsp3) is 0.786. The minimum atomic E-state index is -3.83. The molecule has 1 amide bonds. The number of rotatable bonds is 5. The van der Waals surface area contributed by atoms with Crippen molar-refractivity contribution in [2.75, 3.05) is 13.2 Å². The monoisotopic (exact) mass is 378 g/mol. The lowest BCUT2D eigenvalue weighted by Gasteiger charge is -2.42. The molecule has 2 heterocycles. The second-order valence-electron chi connectivity index (χ2n) is 6.33. The van der Waals surface area contributed by atoms with Gasteiger partial charge in [-0.3, -0.25) is 4.79 Å². The Morgan fingerprint density at radius 2 is 1.92 bits per heavy atom. The Morgan fingerprint density at radius 1 is 1.32 bits per heavy atom. The molecule has 0 radical (unpaired) electrons. The van der Waals surface area contributed by atoms with Crippen LogP contribution in [0.25, 0.3) is 0 Å². The summed E-state index contributed by atoms with van der Waals surface area (Å²) in [6.07, 6.45) is -2.33. The zero-order chi connectivity index (χ0) is 19.2. The van der Waals surface area contributed by atoms with Crippen LogP contribution in [0.5, 0.6) is 0 Å². The Kier molecular flexibility index (Phi) is 5.01. The highest BCUT2D eigenvalue weighted by molar-refractivity contribution is 7.93. The molecule has 11 heteroatoms. The zero-order valence-electron chi connectivity index (χ0n) is 14.4. The van der Waals surface area contributed by atoms with Gasteiger partial charge in [0.25, 0.3) is 0 Å². The van der Waals surface area contributed by atoms with Crippen molar-refractivity contribution in [1.29, 1.82) is 0 Å². The Morgan fingerprint density at radius 3 is 2.44 bits per heavy atom. The van der Waals surface area contributed by atoms with Crippen molar-refractivity contribution in [1.82, 2.24) is 4.90 Å². The van der Waals surface area contributed by atoms with Crippen LogP contribution in [0.1, 0.15) is 27.7 Å². The predicted octanol–water partition coefficient (Wildman–Crippen LogP) is -0.632. The normalized spacial score (nSPS) is 30.0. The van der Waals surface area contributed by atoms with Crippen LogP contribution in [-0.2, 0) is 33.6 Å². The third kappa shape index (κ3) is 2.84. The third-order valence-electron chi connectivity index (χ3n) is 4.46. The largest absolute Gasteiger partial charge is 0.511 e. The first-order valence-corrected chi connectivity index (χ1v) is 9.34. The molecule has 4 atom stereocenters. The van der Waals surface area contributed by atoms with E-state index in [9.17, 15) is 22.8 Å². The Hall–Kier alpha value is -1.88. The number of hydrogen-bond acceptors (Lipinski definition) is 9. The number of esters is 1. The van der Waals surface area contributed by atoms with E-state index in [2.05, 4.69) is 4.74 Å². The molecule has 2 aliphatic heterocycles. The van der Waals surface area contributed by atoms with Crippen LogP contribution in [0.2, 0.25) is 0 Å². The van der Waals surface area contributed by atoms with Crippen LogP contribution >= 0.6 is 0 Å². The number of fused-ring (bicyclic) bond motifs is 1. The molecular formula is C14H22N2O8S. The molecule has 0 aromatic heterocycles. The summed E-state index contributed by atoms with van der Waals surface area (Å²) in [6, 6.07) is -1.34. The van der Waals surface area contributed by atoms with Crippen LogP contribution in [0, 0.1) is 5.92 Å². The number of nitrogens with two attached hydrogens (primary N) is 1. The molecular weight excluding hydrogens is 356 g/mol. The number of carbonyl (C=O) groups excluding carboxylic acids is 3. The second kappa shape index (κ2) is 6.45. The quantitative estimate of drug-likeness (QED) is 0.376. The van der Waals surface area contributed by atoms with Gasteiger partial charge >= 0.3 is 12.1 Å². The van der Waals surface area contributed by atoms with Gasteiger partial charge < -0.3 is 24.8 Å². The summed E-state index contributed by atoms with van der Waals surface area (Å²) in [4.78, 5) is 36.9. The lowest BCUT2D eigenvalue weighted by atomic mass is 9.92. The maximum Gasteiger partial charge on any atom is 0.511 e. The molecule has 0 unspecified atom stereocenters. The van der Waals surface area contributed by atoms with Crippen molar-refractivity contribution in [3.63, 3.8) is 0 Å². The number of nitrogens with zero attached hydrogens (tertiary/aromatic N) is 1. The molecule has 2 N–H and O–H groups in total. The minimum Gasteiger partial charge on any atom is -0.435 e. The molecule has 0 bridgehead atoms. The summed E-state index contributed by atoms with van der Waals surface area (Å²) in [6.45, 7) is 5.52. The van der Waals surface area contributed by atoms with Gasteiger partial charge in [0.2, 0.25) is 12.2 Å². The lowest BCUT2D eigenvalue weighted by Crippen LogP contribution is -2.65. The predicted molar refractivity (Wildman–Crippen MR) is 83.6 cm³/mol. The summed E-state index contributed by atoms with van der Waals surface area (Å²) in [7, 11) is -3.83. The van der Waals surface area contributed by atoms with Crippen LogP contribution in [-0.4, -0.2) is 67.0 Å². The Labute approximate surface area is 145 Å². The van der Waals surface area contributed by atoms with E-state index in [4.69, 9.17) is 15.2 Å². The summed E-state index contributed by atoms with van der Waals surface area (Å²) >= 11 is 0. The third-order valence-corrected chi connectivity index (χ3v) is 7.34. The summed E-state index contributed by atoms with van der Waals surface area (Å²) in [5.74, 6) is -2.35. The van der Waals surface area contributed by atoms with Gasteiger partial charge in [0, 0.05) is 13.5 Å². The van der Waals surface area contributed by atoms with Gasteiger partial charge in [-0.2, -0.15) is 0 Å². The summed E-state index contributed by atoms with van der Waals surface area (Å²) in [5.41, 5.74) is 5.48. The number of ether oxygens (including phenoxy) is 3. The van der Waals surface area contributed by atoms with Crippen molar-refractivity contribution in [2.45, 2.75) is 50.1 Å². The topological polar surface area (TPSA) is 142 Å². The number of β-lactam (4-membered cyclic amide) rings is 1. The first-order valence-electron chi connectivity index (χ1n) is 7.80. The van der Waals surface area contributed by atoms with Crippen molar-refractivity contribution in [2.24, 2.45) is 11.7 Å². The van der Waals surface area contributed by atoms with Crippen molar-refractivity contribution in [3.05, 3.63) is 0 Å². The van der Waals surface area contributed by atoms with E-state index in [1.807, 2.05) is 0 Å². The smallest absolute Gasteiger partial charge is 0.435 e. The van der Waals surface area contributed by atoms with Crippen molar-refractivity contribution in [3.8, 4) is 0 Å². The maximum atomic E-state index is 12.7. The molecule has 2 rings (SSSR count). The highest BCUT2D eigenvalue weighted by atomic mass is 32.2. The van der Waals surface area contributed by atoms with Crippen molar-refractivity contribution >= 4 is 27.9 Å². The molecule has 25 heavy (non-hydrogen) atoms. The molecule has 0 spiro atoms. The average Bonchev–Trinajstić information content (AvgIpc) is 2.62. The molecule has 0 aliphatic carbocycles. The Bertz CT molecular complexity index is 689. The molecule has 2 fully saturated rings. The van der Waals surface area contributed by atoms with Crippen LogP contribution in [0.4, 0.5) is 4.79 Å². The molecule has 142 valence electrons. The van der Waals surface area contributed by atoms with Crippen LogP contribution in [0.15, 0.2) is 0 Å². The summed E-state index contributed by atoms with van der Waals surface area (Å²) in [5, 5.41) is -1.14. The van der Waals surface area contributed by atoms with Gasteiger partial charge in [-0.25, -0.2) is 18.0 Å². The number of sulfone groups is 1. The van der Waals surface area contributed by atoms with Crippen LogP contribution in [0.3, 0.4) is 0 Å². The molecule has 0 aromatic rings. The van der Waals surface area contributed by atoms with E-state index in [1.165, 1.54) is 20.8 Å². The molecule has 2 aliphatic rings.